The average molecular weight is 512 g/mol. The molecule has 3 nitrogen and oxygen atoms in total. The minimum atomic E-state index is -0.127. The number of anilines is 1. The zero-order valence-corrected chi connectivity index (χ0v) is 23.6. The van der Waals surface area contributed by atoms with Gasteiger partial charge in [0.2, 0.25) is 5.69 Å². The lowest BCUT2D eigenvalue weighted by molar-refractivity contribution is -0.401. The van der Waals surface area contributed by atoms with Crippen molar-refractivity contribution in [1.29, 1.82) is 0 Å². The molecule has 3 aromatic carbocycles. The van der Waals surface area contributed by atoms with Crippen LogP contribution in [-0.2, 0) is 15.6 Å². The van der Waals surface area contributed by atoms with E-state index < -0.39 is 0 Å². The average Bonchev–Trinajstić information content (AvgIpc) is 3.24. The fourth-order valence-electron chi connectivity index (χ4n) is 6.49. The molecule has 3 aromatic rings. The van der Waals surface area contributed by atoms with E-state index in [1.807, 2.05) is 18.2 Å². The van der Waals surface area contributed by atoms with E-state index in [0.717, 1.165) is 16.0 Å². The minimum absolute atomic E-state index is 0.0428. The molecule has 1 aliphatic carbocycles. The van der Waals surface area contributed by atoms with Gasteiger partial charge in [-0.1, -0.05) is 62.4 Å². The summed E-state index contributed by atoms with van der Waals surface area (Å²) in [7, 11) is 4.24. The highest BCUT2D eigenvalue weighted by Crippen LogP contribution is 2.46. The number of carbonyl (C=O) groups excluding carboxylic acids is 1. The predicted octanol–water partition coefficient (Wildman–Crippen LogP) is 5.79. The van der Waals surface area contributed by atoms with Crippen LogP contribution in [0.15, 0.2) is 96.2 Å². The maximum Gasteiger partial charge on any atom is 0.209 e. The quantitative estimate of drug-likeness (QED) is 0.328. The van der Waals surface area contributed by atoms with E-state index in [1.54, 1.807) is 6.08 Å². The standard InChI is InChI=1S/C36H35N2O/c1-35(2)28-11-7-9-13-30(28)37(5)33(35)19-16-24-15-17-25-23-32(39)26(22-27(25)21-24)18-20-34-36(3,4)29-12-8-10-14-31(29)38(34)6/h7-23H,1-6H3/q+1. The number of allylic oxidation sites excluding steroid dienone is 5. The Kier molecular flexibility index (Phi) is 5.73. The van der Waals surface area contributed by atoms with Gasteiger partial charge in [0.05, 0.1) is 5.41 Å². The highest BCUT2D eigenvalue weighted by Gasteiger charge is 2.42. The number of nitrogens with zero attached hydrogens (tertiary/aromatic N) is 2. The van der Waals surface area contributed by atoms with Crippen LogP contribution in [-0.4, -0.2) is 30.2 Å². The van der Waals surface area contributed by atoms with Gasteiger partial charge in [0, 0.05) is 47.1 Å². The second-order valence-electron chi connectivity index (χ2n) is 11.8. The summed E-state index contributed by atoms with van der Waals surface area (Å²) < 4.78 is 2.29. The lowest BCUT2D eigenvalue weighted by Gasteiger charge is -2.23. The smallest absolute Gasteiger partial charge is 0.209 e. The zero-order chi connectivity index (χ0) is 27.5. The summed E-state index contributed by atoms with van der Waals surface area (Å²) in [4.78, 5) is 15.2. The Hall–Kier alpha value is -4.24. The second kappa shape index (κ2) is 8.91. The van der Waals surface area contributed by atoms with E-state index in [4.69, 9.17) is 0 Å². The fraction of sp³-hybridized carbons (Fsp3) is 0.222. The van der Waals surface area contributed by atoms with Gasteiger partial charge in [0.15, 0.2) is 11.5 Å². The van der Waals surface area contributed by atoms with Gasteiger partial charge < -0.3 is 4.90 Å². The van der Waals surface area contributed by atoms with E-state index in [-0.39, 0.29) is 16.6 Å². The van der Waals surface area contributed by atoms with Crippen LogP contribution >= 0.6 is 0 Å². The van der Waals surface area contributed by atoms with Gasteiger partial charge in [0.25, 0.3) is 0 Å². The molecule has 0 saturated heterocycles. The van der Waals surface area contributed by atoms with Crippen LogP contribution in [0, 0.1) is 0 Å². The van der Waals surface area contributed by atoms with E-state index in [2.05, 4.69) is 130 Å². The third-order valence-corrected chi connectivity index (χ3v) is 8.73. The summed E-state index contributed by atoms with van der Waals surface area (Å²) in [6.07, 6.45) is 12.3. The van der Waals surface area contributed by atoms with Crippen LogP contribution in [0.5, 0.6) is 0 Å². The van der Waals surface area contributed by atoms with Gasteiger partial charge in [-0.3, -0.25) is 4.79 Å². The molecule has 6 rings (SSSR count). The highest BCUT2D eigenvalue weighted by molar-refractivity contribution is 6.22. The van der Waals surface area contributed by atoms with Gasteiger partial charge in [-0.25, -0.2) is 0 Å². The number of carbonyl (C=O) groups is 1. The first kappa shape index (κ1) is 25.1. The Morgan fingerprint density at radius 2 is 1.49 bits per heavy atom. The van der Waals surface area contributed by atoms with E-state index >= 15 is 0 Å². The molecule has 0 amide bonds. The Morgan fingerprint density at radius 1 is 0.769 bits per heavy atom. The Balaban J connectivity index is 1.34. The number of fused-ring (bicyclic) bond motifs is 3. The van der Waals surface area contributed by atoms with Crippen molar-refractivity contribution in [3.63, 3.8) is 0 Å². The van der Waals surface area contributed by atoms with Crippen molar-refractivity contribution in [2.45, 2.75) is 38.5 Å². The maximum atomic E-state index is 13.0. The van der Waals surface area contributed by atoms with Crippen LogP contribution in [0.25, 0.3) is 18.2 Å². The Labute approximate surface area is 231 Å². The van der Waals surface area contributed by atoms with Crippen LogP contribution in [0.3, 0.4) is 0 Å². The summed E-state index contributed by atoms with van der Waals surface area (Å²) in [5, 5.41) is 2.03. The lowest BCUT2D eigenvalue weighted by atomic mass is 9.81. The lowest BCUT2D eigenvalue weighted by Crippen LogP contribution is -2.30. The Morgan fingerprint density at radius 3 is 2.23 bits per heavy atom. The largest absolute Gasteiger partial charge is 0.347 e. The number of para-hydroxylation sites is 2. The summed E-state index contributed by atoms with van der Waals surface area (Å²) in [6, 6.07) is 23.4. The predicted molar refractivity (Wildman–Crippen MR) is 163 cm³/mol. The first-order valence-electron chi connectivity index (χ1n) is 13.6. The van der Waals surface area contributed by atoms with Crippen LogP contribution in [0.2, 0.25) is 0 Å². The molecule has 0 atom stereocenters. The van der Waals surface area contributed by atoms with Crippen molar-refractivity contribution in [1.82, 2.24) is 0 Å². The first-order valence-corrected chi connectivity index (χ1v) is 13.6. The monoisotopic (exact) mass is 511 g/mol. The number of rotatable bonds is 3. The van der Waals surface area contributed by atoms with Crippen molar-refractivity contribution < 1.29 is 9.37 Å². The van der Waals surface area contributed by atoms with Crippen LogP contribution in [0.4, 0.5) is 11.4 Å². The van der Waals surface area contributed by atoms with Crippen molar-refractivity contribution in [2.75, 3.05) is 19.0 Å². The molecule has 0 fully saturated rings. The molecule has 0 radical (unpaired) electrons. The third kappa shape index (κ3) is 3.96. The summed E-state index contributed by atoms with van der Waals surface area (Å²) in [5.74, 6) is 0.0428. The molecular weight excluding hydrogens is 476 g/mol. The Bertz CT molecular complexity index is 1790. The molecular formula is C36H35N2O+. The van der Waals surface area contributed by atoms with Gasteiger partial charge in [-0.2, -0.15) is 4.58 Å². The number of benzene rings is 3. The molecule has 3 aliphatic rings. The van der Waals surface area contributed by atoms with Gasteiger partial charge >= 0.3 is 0 Å². The molecule has 0 spiro atoms. The van der Waals surface area contributed by atoms with Crippen LogP contribution in [0.1, 0.15) is 44.4 Å². The molecule has 0 N–H and O–H groups in total. The third-order valence-electron chi connectivity index (χ3n) is 8.73. The van der Waals surface area contributed by atoms with E-state index in [1.165, 1.54) is 33.9 Å². The molecule has 0 bridgehead atoms. The van der Waals surface area contributed by atoms with Gasteiger partial charge in [-0.15, -0.1) is 0 Å². The molecule has 3 heteroatoms. The topological polar surface area (TPSA) is 23.3 Å². The van der Waals surface area contributed by atoms with E-state index in [0.29, 0.717) is 5.57 Å². The molecule has 0 saturated carbocycles. The number of hydrogen-bond donors (Lipinski definition) is 0. The van der Waals surface area contributed by atoms with Gasteiger partial charge in [-0.05, 0) is 77.9 Å². The van der Waals surface area contributed by atoms with Crippen molar-refractivity contribution in [3.05, 3.63) is 123 Å². The van der Waals surface area contributed by atoms with Crippen molar-refractivity contribution >= 4 is 41.1 Å². The van der Waals surface area contributed by atoms with Crippen molar-refractivity contribution in [3.8, 4) is 0 Å². The molecule has 0 aromatic heterocycles. The minimum Gasteiger partial charge on any atom is -0.347 e. The fourth-order valence-corrected chi connectivity index (χ4v) is 6.49. The number of ketones is 1. The summed E-state index contributed by atoms with van der Waals surface area (Å²) in [5.41, 5.74) is 9.22. The number of likely N-dealkylation sites (N-methyl/N-ethyl adjacent to an activating group) is 1. The van der Waals surface area contributed by atoms with Crippen LogP contribution < -0.4 is 15.3 Å². The first-order chi connectivity index (χ1) is 18.6. The molecule has 0 unspecified atom stereocenters. The molecule has 194 valence electrons. The molecule has 2 aliphatic heterocycles. The van der Waals surface area contributed by atoms with Crippen molar-refractivity contribution in [2.24, 2.45) is 0 Å². The SMILES string of the molecule is CN1C(=CC=C2C=c3cc(C=CC4=[N+](C)c5ccccc5C4(C)C)ccc3=CC2=O)C(C)(C)c2ccccc21. The van der Waals surface area contributed by atoms with E-state index in [9.17, 15) is 4.79 Å². The summed E-state index contributed by atoms with van der Waals surface area (Å²) in [6.45, 7) is 9.05. The maximum absolute atomic E-state index is 13.0. The van der Waals surface area contributed by atoms with Gasteiger partial charge in [0.1, 0.15) is 7.05 Å². The molecule has 39 heavy (non-hydrogen) atoms. The number of hydrogen-bond acceptors (Lipinski definition) is 2. The highest BCUT2D eigenvalue weighted by atomic mass is 16.1. The second-order valence-corrected chi connectivity index (χ2v) is 11.8. The number of Topliss-reactive ketones (excluding diaryl/α,β-unsaturated/α-hetero) is 1. The molecule has 2 heterocycles. The normalized spacial score (nSPS) is 20.8. The zero-order valence-electron chi connectivity index (χ0n) is 23.6. The summed E-state index contributed by atoms with van der Waals surface area (Å²) >= 11 is 0.